The van der Waals surface area contributed by atoms with E-state index in [1.807, 2.05) is 49.4 Å². The maximum absolute atomic E-state index is 12.8. The molecule has 2 aliphatic heterocycles. The lowest BCUT2D eigenvalue weighted by molar-refractivity contribution is -0.136. The van der Waals surface area contributed by atoms with Crippen molar-refractivity contribution in [3.8, 4) is 0 Å². The Morgan fingerprint density at radius 3 is 2.61 bits per heavy atom. The van der Waals surface area contributed by atoms with E-state index in [0.29, 0.717) is 17.8 Å². The third-order valence-electron chi connectivity index (χ3n) is 5.52. The summed E-state index contributed by atoms with van der Waals surface area (Å²) in [6.45, 7) is 2.31. The first-order chi connectivity index (χ1) is 15.0. The molecule has 4 rings (SSSR count). The van der Waals surface area contributed by atoms with E-state index >= 15 is 0 Å². The molecule has 0 aromatic heterocycles. The molecule has 7 heteroatoms. The topological polar surface area (TPSA) is 87.7 Å². The molecular formula is C24H25N3O4. The number of aryl methyl sites for hydroxylation is 2. The Morgan fingerprint density at radius 1 is 1.13 bits per heavy atom. The second kappa shape index (κ2) is 9.04. The van der Waals surface area contributed by atoms with Gasteiger partial charge < -0.3 is 15.4 Å². The fourth-order valence-electron chi connectivity index (χ4n) is 3.85. The molecule has 2 aliphatic rings. The maximum Gasteiger partial charge on any atom is 0.338 e. The number of carbonyl (C=O) groups is 3. The number of urea groups is 1. The van der Waals surface area contributed by atoms with E-state index in [9.17, 15) is 14.4 Å². The number of ether oxygens (including phenoxy) is 1. The van der Waals surface area contributed by atoms with Gasteiger partial charge in [-0.1, -0.05) is 60.2 Å². The van der Waals surface area contributed by atoms with Crippen molar-refractivity contribution in [3.05, 3.63) is 82.6 Å². The van der Waals surface area contributed by atoms with E-state index < -0.39 is 18.0 Å². The Hall–Kier alpha value is -3.61. The third kappa shape index (κ3) is 4.60. The van der Waals surface area contributed by atoms with Gasteiger partial charge in [0.2, 0.25) is 5.91 Å². The van der Waals surface area contributed by atoms with Gasteiger partial charge in [-0.15, -0.1) is 0 Å². The molecule has 2 N–H and O–H groups in total. The van der Waals surface area contributed by atoms with E-state index in [0.717, 1.165) is 24.0 Å². The van der Waals surface area contributed by atoms with Crippen molar-refractivity contribution in [2.75, 3.05) is 19.7 Å². The summed E-state index contributed by atoms with van der Waals surface area (Å²) in [6, 6.07) is 16.7. The second-order valence-corrected chi connectivity index (χ2v) is 7.75. The molecule has 0 spiro atoms. The normalized spacial score (nSPS) is 17.8. The average molecular weight is 419 g/mol. The zero-order valence-corrected chi connectivity index (χ0v) is 17.4. The van der Waals surface area contributed by atoms with Crippen LogP contribution in [0.2, 0.25) is 0 Å². The van der Waals surface area contributed by atoms with Crippen LogP contribution in [-0.4, -0.2) is 42.5 Å². The highest BCUT2D eigenvalue weighted by molar-refractivity contribution is 5.98. The smallest absolute Gasteiger partial charge is 0.338 e. The first kappa shape index (κ1) is 20.7. The third-order valence-corrected chi connectivity index (χ3v) is 5.52. The Morgan fingerprint density at radius 2 is 1.87 bits per heavy atom. The lowest BCUT2D eigenvalue weighted by atomic mass is 9.95. The van der Waals surface area contributed by atoms with Crippen LogP contribution in [0.25, 0.3) is 0 Å². The maximum atomic E-state index is 12.8. The molecule has 0 aliphatic carbocycles. The van der Waals surface area contributed by atoms with E-state index in [1.54, 1.807) is 0 Å². The monoisotopic (exact) mass is 419 g/mol. The molecule has 0 unspecified atom stereocenters. The van der Waals surface area contributed by atoms with Crippen LogP contribution in [0.5, 0.6) is 0 Å². The number of nitrogens with zero attached hydrogens (tertiary/aromatic N) is 1. The van der Waals surface area contributed by atoms with Crippen molar-refractivity contribution in [1.82, 2.24) is 15.5 Å². The van der Waals surface area contributed by atoms with Crippen LogP contribution in [0.4, 0.5) is 4.79 Å². The second-order valence-electron chi connectivity index (χ2n) is 7.75. The van der Waals surface area contributed by atoms with Gasteiger partial charge in [-0.05, 0) is 30.9 Å². The average Bonchev–Trinajstić information content (AvgIpc) is 3.16. The van der Waals surface area contributed by atoms with E-state index in [2.05, 4.69) is 22.8 Å². The fourth-order valence-corrected chi connectivity index (χ4v) is 3.85. The number of hydrogen-bond acceptors (Lipinski definition) is 4. The minimum atomic E-state index is -0.580. The van der Waals surface area contributed by atoms with E-state index in [4.69, 9.17) is 4.74 Å². The quantitative estimate of drug-likeness (QED) is 0.534. The first-order valence-corrected chi connectivity index (χ1v) is 10.4. The van der Waals surface area contributed by atoms with Crippen molar-refractivity contribution < 1.29 is 19.1 Å². The molecule has 2 aromatic rings. The van der Waals surface area contributed by atoms with Gasteiger partial charge in [-0.2, -0.15) is 0 Å². The predicted molar refractivity (Wildman–Crippen MR) is 115 cm³/mol. The van der Waals surface area contributed by atoms with E-state index in [1.165, 1.54) is 10.5 Å². The number of carbonyl (C=O) groups excluding carboxylic acids is 3. The van der Waals surface area contributed by atoms with Crippen molar-refractivity contribution >= 4 is 17.9 Å². The number of nitrogens with one attached hydrogen (secondary N) is 2. The molecule has 2 heterocycles. The summed E-state index contributed by atoms with van der Waals surface area (Å²) in [7, 11) is 0. The van der Waals surface area contributed by atoms with Crippen LogP contribution in [0.15, 0.2) is 65.9 Å². The van der Waals surface area contributed by atoms with Gasteiger partial charge in [0.15, 0.2) is 0 Å². The molecule has 7 nitrogen and oxygen atoms in total. The number of rotatable bonds is 7. The fraction of sp³-hybridized carbons (Fsp3) is 0.292. The lowest BCUT2D eigenvalue weighted by Crippen LogP contribution is -2.50. The molecule has 0 bridgehead atoms. The van der Waals surface area contributed by atoms with Gasteiger partial charge in [-0.25, -0.2) is 9.59 Å². The summed E-state index contributed by atoms with van der Waals surface area (Å²) >= 11 is 0. The Bertz CT molecular complexity index is 1010. The molecule has 2 aromatic carbocycles. The molecule has 3 amide bonds. The number of benzene rings is 2. The van der Waals surface area contributed by atoms with Crippen molar-refractivity contribution in [2.24, 2.45) is 0 Å². The van der Waals surface area contributed by atoms with Gasteiger partial charge in [0.25, 0.3) is 0 Å². The van der Waals surface area contributed by atoms with Crippen molar-refractivity contribution in [3.63, 3.8) is 0 Å². The van der Waals surface area contributed by atoms with Gasteiger partial charge in [0.1, 0.15) is 13.2 Å². The molecule has 0 radical (unpaired) electrons. The Balaban J connectivity index is 1.40. The van der Waals surface area contributed by atoms with Gasteiger partial charge >= 0.3 is 12.0 Å². The highest BCUT2D eigenvalue weighted by Crippen LogP contribution is 2.34. The number of esters is 1. The van der Waals surface area contributed by atoms with Crippen LogP contribution in [0, 0.1) is 6.92 Å². The summed E-state index contributed by atoms with van der Waals surface area (Å²) in [5, 5.41) is 5.70. The van der Waals surface area contributed by atoms with Crippen LogP contribution >= 0.6 is 0 Å². The molecule has 0 saturated heterocycles. The van der Waals surface area contributed by atoms with Crippen LogP contribution in [-0.2, 0) is 20.7 Å². The summed E-state index contributed by atoms with van der Waals surface area (Å²) in [5.41, 5.74) is 3.94. The highest BCUT2D eigenvalue weighted by atomic mass is 16.5. The largest absolute Gasteiger partial charge is 0.456 e. The Kier molecular flexibility index (Phi) is 6.02. The first-order valence-electron chi connectivity index (χ1n) is 10.4. The molecule has 0 saturated carbocycles. The molecule has 160 valence electrons. The molecule has 31 heavy (non-hydrogen) atoms. The summed E-state index contributed by atoms with van der Waals surface area (Å²) in [5.74, 6) is -0.739. The molecule has 0 fully saturated rings. The van der Waals surface area contributed by atoms with E-state index in [-0.39, 0.29) is 19.1 Å². The standard InChI is InChI=1S/C24H25N3O4/c1-16-9-11-18(12-10-16)22-21-19(15-31-23(21)29)27(24(30)26-22)14-20(28)25-13-5-8-17-6-3-2-4-7-17/h2-4,6-7,9-12,22H,5,8,13-15H2,1H3,(H,25,28)(H,26,30)/t22-/m0/s1. The van der Waals surface area contributed by atoms with Crippen molar-refractivity contribution in [1.29, 1.82) is 0 Å². The van der Waals surface area contributed by atoms with Gasteiger partial charge in [-0.3, -0.25) is 9.69 Å². The number of cyclic esters (lactones) is 1. The number of amides is 3. The SMILES string of the molecule is Cc1ccc([C@@H]2NC(=O)N(CC(=O)NCCCc3ccccc3)C3=C2C(=O)OC3)cc1. The lowest BCUT2D eigenvalue weighted by Gasteiger charge is -2.32. The van der Waals surface area contributed by atoms with Crippen molar-refractivity contribution in [2.45, 2.75) is 25.8 Å². The van der Waals surface area contributed by atoms with Gasteiger partial charge in [0, 0.05) is 6.54 Å². The summed E-state index contributed by atoms with van der Waals surface area (Å²) < 4.78 is 5.20. The highest BCUT2D eigenvalue weighted by Gasteiger charge is 2.42. The minimum Gasteiger partial charge on any atom is -0.456 e. The van der Waals surface area contributed by atoms with Crippen LogP contribution in [0.1, 0.15) is 29.2 Å². The Labute approximate surface area is 181 Å². The summed E-state index contributed by atoms with van der Waals surface area (Å²) in [6.07, 6.45) is 1.66. The zero-order valence-electron chi connectivity index (χ0n) is 17.4. The summed E-state index contributed by atoms with van der Waals surface area (Å²) in [4.78, 5) is 38.9. The predicted octanol–water partition coefficient (Wildman–Crippen LogP) is 2.62. The molecular weight excluding hydrogens is 394 g/mol. The van der Waals surface area contributed by atoms with Crippen LogP contribution < -0.4 is 10.6 Å². The minimum absolute atomic E-state index is 0.00870. The molecule has 1 atom stereocenters. The number of hydrogen-bond donors (Lipinski definition) is 2. The van der Waals surface area contributed by atoms with Crippen LogP contribution in [0.3, 0.4) is 0 Å². The zero-order chi connectivity index (χ0) is 21.8. The van der Waals surface area contributed by atoms with Gasteiger partial charge in [0.05, 0.1) is 17.3 Å².